The number of nitrogens with zero attached hydrogens (tertiary/aromatic N) is 1. The molecule has 1 aromatic carbocycles. The molecular formula is C13H14N2O4S. The Morgan fingerprint density at radius 2 is 2.10 bits per heavy atom. The fourth-order valence-corrected chi connectivity index (χ4v) is 3.74. The highest BCUT2D eigenvalue weighted by molar-refractivity contribution is 7.91. The van der Waals surface area contributed by atoms with E-state index >= 15 is 0 Å². The minimum atomic E-state index is -3.06. The smallest absolute Gasteiger partial charge is 0.228 e. The summed E-state index contributed by atoms with van der Waals surface area (Å²) in [7, 11) is -3.06. The van der Waals surface area contributed by atoms with Crippen molar-refractivity contribution in [2.75, 3.05) is 23.4 Å². The van der Waals surface area contributed by atoms with Gasteiger partial charge in [-0.25, -0.2) is 8.42 Å². The van der Waals surface area contributed by atoms with Gasteiger partial charge in [0.1, 0.15) is 11.8 Å². The van der Waals surface area contributed by atoms with Crippen LogP contribution in [0, 0.1) is 17.2 Å². The van der Waals surface area contributed by atoms with Gasteiger partial charge < -0.3 is 10.1 Å². The molecule has 0 bridgehead atoms. The highest BCUT2D eigenvalue weighted by Crippen LogP contribution is 2.21. The van der Waals surface area contributed by atoms with E-state index in [0.29, 0.717) is 17.9 Å². The third-order valence-electron chi connectivity index (χ3n) is 3.03. The molecule has 1 aliphatic rings. The molecule has 0 aromatic heterocycles. The molecule has 1 unspecified atom stereocenters. The van der Waals surface area contributed by atoms with Crippen molar-refractivity contribution < 1.29 is 17.9 Å². The topological polar surface area (TPSA) is 96.3 Å². The molecule has 7 heteroatoms. The Balaban J connectivity index is 1.93. The number of carbonyl (C=O) groups is 1. The van der Waals surface area contributed by atoms with Gasteiger partial charge in [0.15, 0.2) is 16.4 Å². The molecule has 2 rings (SSSR count). The summed E-state index contributed by atoms with van der Waals surface area (Å²) < 4.78 is 27.7. The monoisotopic (exact) mass is 294 g/mol. The van der Waals surface area contributed by atoms with Crippen molar-refractivity contribution in [2.45, 2.75) is 6.42 Å². The van der Waals surface area contributed by atoms with Crippen molar-refractivity contribution >= 4 is 21.4 Å². The average molecular weight is 294 g/mol. The van der Waals surface area contributed by atoms with Crippen LogP contribution in [0.2, 0.25) is 0 Å². The number of carbonyl (C=O) groups excluding carboxylic acids is 1. The first-order valence-corrected chi connectivity index (χ1v) is 7.93. The molecule has 1 N–H and O–H groups in total. The van der Waals surface area contributed by atoms with E-state index in [1.165, 1.54) is 0 Å². The second-order valence-corrected chi connectivity index (χ2v) is 6.79. The second kappa shape index (κ2) is 5.92. The van der Waals surface area contributed by atoms with Gasteiger partial charge in [0.25, 0.3) is 0 Å². The van der Waals surface area contributed by atoms with E-state index in [0.717, 1.165) is 0 Å². The van der Waals surface area contributed by atoms with Gasteiger partial charge in [0, 0.05) is 5.69 Å². The lowest BCUT2D eigenvalue weighted by Gasteiger charge is -2.10. The molecule has 1 aromatic rings. The molecule has 1 aliphatic heterocycles. The maximum absolute atomic E-state index is 11.9. The molecule has 0 spiro atoms. The maximum Gasteiger partial charge on any atom is 0.228 e. The van der Waals surface area contributed by atoms with Crippen LogP contribution in [0.5, 0.6) is 5.75 Å². The van der Waals surface area contributed by atoms with Crippen molar-refractivity contribution in [1.82, 2.24) is 0 Å². The van der Waals surface area contributed by atoms with Crippen LogP contribution in [-0.4, -0.2) is 32.4 Å². The van der Waals surface area contributed by atoms with Gasteiger partial charge in [-0.2, -0.15) is 5.26 Å². The lowest BCUT2D eigenvalue weighted by atomic mass is 10.1. The summed E-state index contributed by atoms with van der Waals surface area (Å²) >= 11 is 0. The highest BCUT2D eigenvalue weighted by Gasteiger charge is 2.32. The van der Waals surface area contributed by atoms with Crippen LogP contribution in [0.15, 0.2) is 24.3 Å². The summed E-state index contributed by atoms with van der Waals surface area (Å²) in [5.74, 6) is -0.229. The van der Waals surface area contributed by atoms with Crippen molar-refractivity contribution in [1.29, 1.82) is 5.26 Å². The Hall–Kier alpha value is -2.07. The fraction of sp³-hybridized carbons (Fsp3) is 0.385. The standard InChI is InChI=1S/C13H14N2O4S/c14-6-7-19-12-3-1-11(2-4-12)15-13(16)10-5-8-20(17,18)9-10/h1-4,10H,5,7-9H2,(H,15,16). The first-order chi connectivity index (χ1) is 9.50. The van der Waals surface area contributed by atoms with Crippen LogP contribution in [-0.2, 0) is 14.6 Å². The molecule has 0 radical (unpaired) electrons. The summed E-state index contributed by atoms with van der Waals surface area (Å²) in [6.07, 6.45) is 0.373. The quantitative estimate of drug-likeness (QED) is 0.892. The predicted molar refractivity (Wildman–Crippen MR) is 72.9 cm³/mol. The first kappa shape index (κ1) is 14.3. The first-order valence-electron chi connectivity index (χ1n) is 6.11. The van der Waals surface area contributed by atoms with Crippen LogP contribution in [0.25, 0.3) is 0 Å². The third kappa shape index (κ3) is 3.71. The van der Waals surface area contributed by atoms with Gasteiger partial charge in [-0.05, 0) is 30.7 Å². The van der Waals surface area contributed by atoms with Gasteiger partial charge in [-0.15, -0.1) is 0 Å². The van der Waals surface area contributed by atoms with Gasteiger partial charge >= 0.3 is 0 Å². The molecule has 0 saturated carbocycles. The Morgan fingerprint density at radius 3 is 2.65 bits per heavy atom. The zero-order chi connectivity index (χ0) is 14.6. The number of amides is 1. The van der Waals surface area contributed by atoms with Gasteiger partial charge in [-0.3, -0.25) is 4.79 Å². The van der Waals surface area contributed by atoms with E-state index in [4.69, 9.17) is 10.00 Å². The molecular weight excluding hydrogens is 280 g/mol. The molecule has 20 heavy (non-hydrogen) atoms. The lowest BCUT2D eigenvalue weighted by Crippen LogP contribution is -2.23. The van der Waals surface area contributed by atoms with Crippen LogP contribution >= 0.6 is 0 Å². The van der Waals surface area contributed by atoms with Crippen LogP contribution in [0.4, 0.5) is 5.69 Å². The zero-order valence-corrected chi connectivity index (χ0v) is 11.5. The Bertz CT molecular complexity index is 631. The van der Waals surface area contributed by atoms with E-state index in [2.05, 4.69) is 5.32 Å². The molecule has 1 fully saturated rings. The summed E-state index contributed by atoms with van der Waals surface area (Å²) in [6.45, 7) is -0.0361. The number of rotatable bonds is 4. The molecule has 6 nitrogen and oxygen atoms in total. The number of anilines is 1. The van der Waals surface area contributed by atoms with E-state index < -0.39 is 15.8 Å². The van der Waals surface area contributed by atoms with Crippen molar-refractivity contribution in [3.05, 3.63) is 24.3 Å². The minimum absolute atomic E-state index is 0.0361. The lowest BCUT2D eigenvalue weighted by molar-refractivity contribution is -0.119. The van der Waals surface area contributed by atoms with E-state index in [1.807, 2.05) is 6.07 Å². The summed E-state index contributed by atoms with van der Waals surface area (Å²) in [6, 6.07) is 8.43. The molecule has 1 atom stereocenters. The van der Waals surface area contributed by atoms with E-state index in [1.54, 1.807) is 24.3 Å². The largest absolute Gasteiger partial charge is 0.479 e. The molecule has 1 amide bonds. The van der Waals surface area contributed by atoms with Crippen molar-refractivity contribution in [2.24, 2.45) is 5.92 Å². The van der Waals surface area contributed by atoms with E-state index in [-0.39, 0.29) is 24.0 Å². The number of ether oxygens (including phenoxy) is 1. The second-order valence-electron chi connectivity index (χ2n) is 4.56. The predicted octanol–water partition coefficient (Wildman–Crippen LogP) is 0.962. The molecule has 0 aliphatic carbocycles. The molecule has 106 valence electrons. The number of hydrogen-bond donors (Lipinski definition) is 1. The minimum Gasteiger partial charge on any atom is -0.479 e. The summed E-state index contributed by atoms with van der Waals surface area (Å²) in [5.41, 5.74) is 0.573. The Labute approximate surface area is 117 Å². The van der Waals surface area contributed by atoms with Crippen LogP contribution in [0.3, 0.4) is 0 Å². The van der Waals surface area contributed by atoms with E-state index in [9.17, 15) is 13.2 Å². The van der Waals surface area contributed by atoms with Crippen LogP contribution in [0.1, 0.15) is 6.42 Å². The van der Waals surface area contributed by atoms with Gasteiger partial charge in [0.05, 0.1) is 17.4 Å². The number of benzene rings is 1. The fourth-order valence-electron chi connectivity index (χ4n) is 2.00. The highest BCUT2D eigenvalue weighted by atomic mass is 32.2. The molecule has 1 saturated heterocycles. The van der Waals surface area contributed by atoms with Crippen molar-refractivity contribution in [3.63, 3.8) is 0 Å². The van der Waals surface area contributed by atoms with Gasteiger partial charge in [0.2, 0.25) is 5.91 Å². The molecule has 1 heterocycles. The van der Waals surface area contributed by atoms with Gasteiger partial charge in [-0.1, -0.05) is 0 Å². The third-order valence-corrected chi connectivity index (χ3v) is 4.80. The SMILES string of the molecule is N#CCOc1ccc(NC(=O)C2CCS(=O)(=O)C2)cc1. The normalized spacial score (nSPS) is 20.1. The number of hydrogen-bond acceptors (Lipinski definition) is 5. The average Bonchev–Trinajstić information content (AvgIpc) is 2.78. The van der Waals surface area contributed by atoms with Crippen molar-refractivity contribution in [3.8, 4) is 11.8 Å². The Kier molecular flexibility index (Phi) is 4.25. The van der Waals surface area contributed by atoms with Crippen LogP contribution < -0.4 is 10.1 Å². The maximum atomic E-state index is 11.9. The summed E-state index contributed by atoms with van der Waals surface area (Å²) in [4.78, 5) is 11.9. The number of nitrogens with one attached hydrogen (secondary N) is 1. The Morgan fingerprint density at radius 1 is 1.40 bits per heavy atom. The summed E-state index contributed by atoms with van der Waals surface area (Å²) in [5, 5.41) is 11.1. The number of sulfone groups is 1. The zero-order valence-electron chi connectivity index (χ0n) is 10.7. The number of nitriles is 1.